The first kappa shape index (κ1) is 32.2. The molecule has 1 aliphatic carbocycles. The quantitative estimate of drug-likeness (QED) is 0.192. The van der Waals surface area contributed by atoms with Crippen molar-refractivity contribution in [2.45, 2.75) is 32.2 Å². The molecule has 0 spiro atoms. The van der Waals surface area contributed by atoms with E-state index in [4.69, 9.17) is 9.72 Å². The van der Waals surface area contributed by atoms with Crippen LogP contribution in [0.15, 0.2) is 54.9 Å². The molecule has 1 amide bonds. The van der Waals surface area contributed by atoms with Gasteiger partial charge in [-0.1, -0.05) is 12.1 Å². The number of hydrogen-bond acceptors (Lipinski definition) is 9. The first-order valence-electron chi connectivity index (χ1n) is 16.0. The molecule has 9 nitrogen and oxygen atoms in total. The average molecular weight is 645 g/mol. The molecule has 1 aromatic carbocycles. The van der Waals surface area contributed by atoms with Gasteiger partial charge in [0.25, 0.3) is 0 Å². The van der Waals surface area contributed by atoms with Crippen molar-refractivity contribution in [3.8, 4) is 22.1 Å². The highest BCUT2D eigenvalue weighted by Crippen LogP contribution is 2.39. The molecule has 46 heavy (non-hydrogen) atoms. The molecule has 0 radical (unpaired) electrons. The van der Waals surface area contributed by atoms with E-state index in [0.29, 0.717) is 30.2 Å². The normalized spacial score (nSPS) is 15.5. The molecule has 4 aromatic rings. The fourth-order valence-corrected chi connectivity index (χ4v) is 6.65. The van der Waals surface area contributed by atoms with E-state index in [2.05, 4.69) is 26.2 Å². The second-order valence-electron chi connectivity index (χ2n) is 12.6. The Bertz CT molecular complexity index is 1660. The molecule has 3 aromatic heterocycles. The number of thiophene rings is 1. The minimum atomic E-state index is -0.489. The van der Waals surface area contributed by atoms with Gasteiger partial charge in [-0.2, -0.15) is 0 Å². The zero-order valence-electron chi connectivity index (χ0n) is 26.5. The summed E-state index contributed by atoms with van der Waals surface area (Å²) in [5.41, 5.74) is 3.37. The van der Waals surface area contributed by atoms with Crippen LogP contribution in [0.3, 0.4) is 0 Å². The number of amides is 1. The molecule has 0 unspecified atom stereocenters. The highest BCUT2D eigenvalue weighted by atomic mass is 32.1. The third-order valence-corrected chi connectivity index (χ3v) is 9.59. The van der Waals surface area contributed by atoms with Gasteiger partial charge >= 0.3 is 0 Å². The number of carbonyl (C=O) groups is 2. The van der Waals surface area contributed by atoms with Gasteiger partial charge in [0.1, 0.15) is 11.5 Å². The first-order chi connectivity index (χ1) is 22.3. The van der Waals surface area contributed by atoms with Crippen molar-refractivity contribution in [1.29, 1.82) is 0 Å². The Balaban J connectivity index is 1.03. The Morgan fingerprint density at radius 2 is 1.83 bits per heavy atom. The number of ketones is 1. The number of fused-ring (bicyclic) bond motifs is 1. The molecule has 6 rings (SSSR count). The van der Waals surface area contributed by atoms with Gasteiger partial charge in [-0.25, -0.2) is 4.39 Å². The molecule has 1 N–H and O–H groups in total. The van der Waals surface area contributed by atoms with Crippen molar-refractivity contribution >= 4 is 33.2 Å². The maximum absolute atomic E-state index is 15.0. The number of nitrogens with one attached hydrogen (secondary N) is 1. The van der Waals surface area contributed by atoms with Crippen LogP contribution in [0.4, 0.5) is 4.39 Å². The largest absolute Gasteiger partial charge is 0.453 e. The predicted molar refractivity (Wildman–Crippen MR) is 179 cm³/mol. The summed E-state index contributed by atoms with van der Waals surface area (Å²) in [6, 6.07) is 12.6. The maximum Gasteiger partial charge on any atom is 0.236 e. The third kappa shape index (κ3) is 8.52. The Kier molecular flexibility index (Phi) is 10.3. The Morgan fingerprint density at radius 3 is 2.54 bits per heavy atom. The number of carbonyl (C=O) groups excluding carboxylic acids is 2. The van der Waals surface area contributed by atoms with Crippen molar-refractivity contribution < 1.29 is 18.7 Å². The SMILES string of the molecule is CN(C)CCNCC(=O)N1CCN(Cc2ccc(-c3cc4nccc(Oc5ccc(CC(=O)CC6CC6)cc5F)c4s3)nc2)CC1. The third-order valence-electron chi connectivity index (χ3n) is 8.43. The summed E-state index contributed by atoms with van der Waals surface area (Å²) in [4.78, 5) is 41.3. The summed E-state index contributed by atoms with van der Waals surface area (Å²) in [5, 5.41) is 3.23. The average Bonchev–Trinajstić information content (AvgIpc) is 3.74. The Morgan fingerprint density at radius 1 is 1.02 bits per heavy atom. The van der Waals surface area contributed by atoms with Gasteiger partial charge in [0, 0.05) is 77.1 Å². The summed E-state index contributed by atoms with van der Waals surface area (Å²) in [5.74, 6) is 0.989. The summed E-state index contributed by atoms with van der Waals surface area (Å²) in [6.07, 6.45) is 6.65. The van der Waals surface area contributed by atoms with Gasteiger partial charge < -0.3 is 19.9 Å². The topological polar surface area (TPSA) is 90.9 Å². The lowest BCUT2D eigenvalue weighted by Gasteiger charge is -2.34. The number of piperazine rings is 1. The Hall–Kier alpha value is -3.77. The number of hydrogen-bond donors (Lipinski definition) is 1. The number of halogens is 1. The number of benzene rings is 1. The molecule has 0 bridgehead atoms. The zero-order valence-corrected chi connectivity index (χ0v) is 27.3. The van der Waals surface area contributed by atoms with Crippen molar-refractivity contribution in [2.75, 3.05) is 59.9 Å². The van der Waals surface area contributed by atoms with E-state index >= 15 is 0 Å². The van der Waals surface area contributed by atoms with Crippen molar-refractivity contribution in [3.63, 3.8) is 0 Å². The number of pyridine rings is 2. The maximum atomic E-state index is 15.0. The van der Waals surface area contributed by atoms with Crippen LogP contribution < -0.4 is 10.1 Å². The number of aromatic nitrogens is 2. The van der Waals surface area contributed by atoms with E-state index < -0.39 is 5.82 Å². The van der Waals surface area contributed by atoms with Gasteiger partial charge in [0.2, 0.25) is 5.91 Å². The summed E-state index contributed by atoms with van der Waals surface area (Å²) >= 11 is 1.51. The van der Waals surface area contributed by atoms with E-state index in [1.54, 1.807) is 24.4 Å². The molecule has 11 heteroatoms. The highest BCUT2D eigenvalue weighted by Gasteiger charge is 2.24. The van der Waals surface area contributed by atoms with E-state index in [1.165, 1.54) is 17.4 Å². The molecule has 2 aliphatic rings. The zero-order chi connectivity index (χ0) is 32.0. The Labute approximate surface area is 273 Å². The highest BCUT2D eigenvalue weighted by molar-refractivity contribution is 7.22. The lowest BCUT2D eigenvalue weighted by atomic mass is 10.0. The van der Waals surface area contributed by atoms with E-state index in [1.807, 2.05) is 37.3 Å². The minimum Gasteiger partial charge on any atom is -0.453 e. The predicted octanol–water partition coefficient (Wildman–Crippen LogP) is 5.00. The molecule has 242 valence electrons. The van der Waals surface area contributed by atoms with Gasteiger partial charge in [0.05, 0.1) is 27.3 Å². The molecule has 1 saturated heterocycles. The minimum absolute atomic E-state index is 0.116. The van der Waals surface area contributed by atoms with E-state index in [-0.39, 0.29) is 23.9 Å². The number of Topliss-reactive ketones (excluding diaryl/α,β-unsaturated/α-hetero) is 1. The van der Waals surface area contributed by atoms with Crippen molar-refractivity contribution in [2.24, 2.45) is 5.92 Å². The number of nitrogens with zero attached hydrogens (tertiary/aromatic N) is 5. The molecule has 4 heterocycles. The van der Waals surface area contributed by atoms with Crippen LogP contribution in [0, 0.1) is 11.7 Å². The second kappa shape index (κ2) is 14.8. The number of likely N-dealkylation sites (N-methyl/N-ethyl adjacent to an activating group) is 1. The van der Waals surface area contributed by atoms with Gasteiger partial charge in [0.15, 0.2) is 11.6 Å². The number of ether oxygens (including phenoxy) is 1. The van der Waals surface area contributed by atoms with E-state index in [0.717, 1.165) is 85.0 Å². The monoisotopic (exact) mass is 644 g/mol. The van der Waals surface area contributed by atoms with E-state index in [9.17, 15) is 14.0 Å². The molecule has 1 aliphatic heterocycles. The van der Waals surface area contributed by atoms with Gasteiger partial charge in [-0.05, 0) is 68.2 Å². The number of rotatable bonds is 14. The van der Waals surface area contributed by atoms with Gasteiger partial charge in [-0.15, -0.1) is 11.3 Å². The molecule has 0 atom stereocenters. The lowest BCUT2D eigenvalue weighted by molar-refractivity contribution is -0.132. The fourth-order valence-electron chi connectivity index (χ4n) is 5.61. The van der Waals surface area contributed by atoms with Crippen molar-refractivity contribution in [3.05, 3.63) is 71.8 Å². The summed E-state index contributed by atoms with van der Waals surface area (Å²) in [7, 11) is 4.04. The van der Waals surface area contributed by atoms with Crippen LogP contribution in [0.2, 0.25) is 0 Å². The molecular weight excluding hydrogens is 603 g/mol. The molecule has 2 fully saturated rings. The van der Waals surface area contributed by atoms with Crippen LogP contribution in [0.25, 0.3) is 20.8 Å². The second-order valence-corrected chi connectivity index (χ2v) is 13.6. The summed E-state index contributed by atoms with van der Waals surface area (Å²) < 4.78 is 21.8. The van der Waals surface area contributed by atoms with Crippen LogP contribution in [0.5, 0.6) is 11.5 Å². The van der Waals surface area contributed by atoms with Crippen LogP contribution in [-0.2, 0) is 22.6 Å². The van der Waals surface area contributed by atoms with Gasteiger partial charge in [-0.3, -0.25) is 24.5 Å². The molecule has 1 saturated carbocycles. The van der Waals surface area contributed by atoms with Crippen LogP contribution in [0.1, 0.15) is 30.4 Å². The first-order valence-corrected chi connectivity index (χ1v) is 16.8. The molecular formula is C35H41FN6O3S. The summed E-state index contributed by atoms with van der Waals surface area (Å²) in [6.45, 7) is 5.99. The standard InChI is InChI=1S/C35H41FN6O3S/c1-40(2)12-11-37-22-34(44)42-15-13-41(14-16-42)23-26-5-7-29(39-21-26)33-20-30-35(46-33)32(9-10-38-30)45-31-8-6-25(19-28(31)36)18-27(43)17-24-3-4-24/h5-10,19-21,24,37H,3-4,11-18,22-23H2,1-2H3. The lowest BCUT2D eigenvalue weighted by Crippen LogP contribution is -2.50. The van der Waals surface area contributed by atoms with Crippen LogP contribution in [-0.4, -0.2) is 96.3 Å². The fraction of sp³-hybridized carbons (Fsp3) is 0.429. The van der Waals surface area contributed by atoms with Crippen LogP contribution >= 0.6 is 11.3 Å². The van der Waals surface area contributed by atoms with Crippen molar-refractivity contribution in [1.82, 2.24) is 30.0 Å². The smallest absolute Gasteiger partial charge is 0.236 e.